The molecule has 0 bridgehead atoms. The van der Waals surface area contributed by atoms with Gasteiger partial charge in [-0.3, -0.25) is 4.98 Å². The average Bonchev–Trinajstić information content (AvgIpc) is 2.28. The van der Waals surface area contributed by atoms with E-state index in [-0.39, 0.29) is 0 Å². The van der Waals surface area contributed by atoms with Gasteiger partial charge in [0.1, 0.15) is 0 Å². The van der Waals surface area contributed by atoms with Crippen molar-refractivity contribution in [1.82, 2.24) is 15.0 Å². The fourth-order valence-electron chi connectivity index (χ4n) is 1.56. The monoisotopic (exact) mass is 255 g/mol. The van der Waals surface area contributed by atoms with Crippen LogP contribution in [0.3, 0.4) is 0 Å². The van der Waals surface area contributed by atoms with Gasteiger partial charge in [0.05, 0.1) is 0 Å². The molecule has 1 aromatic rings. The first-order chi connectivity index (χ1) is 8.17. The molecular weight excluding hydrogens is 234 g/mol. The molecule has 0 aliphatic rings. The Morgan fingerprint density at radius 3 is 2.24 bits per heavy atom. The van der Waals surface area contributed by atoms with E-state index in [1.165, 1.54) is 0 Å². The quantitative estimate of drug-likeness (QED) is 0.733. The third-order valence-corrected chi connectivity index (χ3v) is 2.70. The van der Waals surface area contributed by atoms with E-state index in [0.29, 0.717) is 10.7 Å². The highest BCUT2D eigenvalue weighted by Crippen LogP contribution is 2.10. The van der Waals surface area contributed by atoms with E-state index in [2.05, 4.69) is 33.7 Å². The molecule has 0 spiro atoms. The van der Waals surface area contributed by atoms with Gasteiger partial charge in [-0.15, -0.1) is 0 Å². The molecule has 96 valence electrons. The molecule has 17 heavy (non-hydrogen) atoms. The molecule has 0 atom stereocenters. The summed E-state index contributed by atoms with van der Waals surface area (Å²) in [7, 11) is 0. The van der Waals surface area contributed by atoms with Crippen molar-refractivity contribution in [1.29, 1.82) is 0 Å². The van der Waals surface area contributed by atoms with E-state index in [9.17, 15) is 0 Å². The molecule has 0 unspecified atom stereocenters. The summed E-state index contributed by atoms with van der Waals surface area (Å²) < 4.78 is 0.300. The van der Waals surface area contributed by atoms with Crippen molar-refractivity contribution in [3.8, 4) is 0 Å². The maximum Gasteiger partial charge on any atom is 0.225 e. The van der Waals surface area contributed by atoms with Crippen LogP contribution in [0.2, 0.25) is 0 Å². The van der Waals surface area contributed by atoms with Crippen LogP contribution in [0.1, 0.15) is 39.5 Å². The van der Waals surface area contributed by atoms with Gasteiger partial charge in [0.2, 0.25) is 16.7 Å². The fraction of sp³-hybridized carbons (Fsp3) is 0.727. The minimum absolute atomic E-state index is 0.300. The summed E-state index contributed by atoms with van der Waals surface area (Å²) >= 11 is 4.98. The lowest BCUT2D eigenvalue weighted by Crippen LogP contribution is -2.28. The second-order valence-corrected chi connectivity index (χ2v) is 4.40. The zero-order chi connectivity index (χ0) is 12.7. The van der Waals surface area contributed by atoms with E-state index in [0.717, 1.165) is 44.7 Å². The van der Waals surface area contributed by atoms with Crippen molar-refractivity contribution in [3.05, 3.63) is 4.77 Å². The molecule has 1 rings (SSSR count). The predicted octanol–water partition coefficient (Wildman–Crippen LogP) is 2.52. The molecule has 0 radical (unpaired) electrons. The van der Waals surface area contributed by atoms with Crippen LogP contribution in [0, 0.1) is 4.77 Å². The number of hydrogen-bond donors (Lipinski definition) is 2. The van der Waals surface area contributed by atoms with Gasteiger partial charge in [0.15, 0.2) is 0 Å². The molecule has 0 saturated carbocycles. The summed E-state index contributed by atoms with van der Waals surface area (Å²) in [6, 6.07) is 0. The van der Waals surface area contributed by atoms with Gasteiger partial charge >= 0.3 is 0 Å². The van der Waals surface area contributed by atoms with Crippen LogP contribution in [-0.4, -0.2) is 28.0 Å². The van der Waals surface area contributed by atoms with Crippen molar-refractivity contribution < 1.29 is 0 Å². The molecule has 0 saturated heterocycles. The maximum absolute atomic E-state index is 5.65. The Hall–Kier alpha value is -1.17. The molecule has 0 aliphatic carbocycles. The normalized spacial score (nSPS) is 10.5. The Morgan fingerprint density at radius 1 is 1.18 bits per heavy atom. The Labute approximate surface area is 107 Å². The third-order valence-electron chi connectivity index (χ3n) is 2.52. The summed E-state index contributed by atoms with van der Waals surface area (Å²) in [6.45, 7) is 6.29. The Bertz CT molecular complexity index is 382. The van der Waals surface area contributed by atoms with Crippen LogP contribution in [0.5, 0.6) is 0 Å². The minimum atomic E-state index is 0.300. The first-order valence-corrected chi connectivity index (χ1v) is 6.57. The summed E-state index contributed by atoms with van der Waals surface area (Å²) in [6.07, 6.45) is 4.58. The van der Waals surface area contributed by atoms with Gasteiger partial charge in [-0.1, -0.05) is 26.7 Å². The van der Waals surface area contributed by atoms with Crippen molar-refractivity contribution >= 4 is 24.1 Å². The number of unbranched alkanes of at least 4 members (excludes halogenated alkanes) is 2. The number of aromatic nitrogens is 3. The lowest BCUT2D eigenvalue weighted by Gasteiger charge is -2.22. The number of anilines is 2. The number of nitrogens with two attached hydrogens (primary N) is 1. The Morgan fingerprint density at radius 2 is 1.76 bits per heavy atom. The van der Waals surface area contributed by atoms with Gasteiger partial charge in [-0.2, -0.15) is 9.97 Å². The number of nitrogens with one attached hydrogen (secondary N) is 1. The smallest absolute Gasteiger partial charge is 0.225 e. The van der Waals surface area contributed by atoms with Crippen molar-refractivity contribution in [2.45, 2.75) is 39.5 Å². The second kappa shape index (κ2) is 7.21. The van der Waals surface area contributed by atoms with Crippen LogP contribution >= 0.6 is 12.2 Å². The van der Waals surface area contributed by atoms with Crippen molar-refractivity contribution in [2.75, 3.05) is 23.7 Å². The van der Waals surface area contributed by atoms with Gasteiger partial charge in [0, 0.05) is 13.1 Å². The molecule has 0 aliphatic heterocycles. The molecule has 5 nitrogen and oxygen atoms in total. The van der Waals surface area contributed by atoms with Crippen LogP contribution in [-0.2, 0) is 0 Å². The SMILES string of the molecule is CCCCN(CCCC)c1nc(=S)nc(N)[nH]1. The topological polar surface area (TPSA) is 70.8 Å². The molecule has 0 amide bonds. The van der Waals surface area contributed by atoms with E-state index >= 15 is 0 Å². The molecule has 0 fully saturated rings. The number of nitrogens with zero attached hydrogens (tertiary/aromatic N) is 3. The number of rotatable bonds is 7. The van der Waals surface area contributed by atoms with E-state index in [4.69, 9.17) is 18.0 Å². The van der Waals surface area contributed by atoms with Crippen LogP contribution in [0.15, 0.2) is 0 Å². The van der Waals surface area contributed by atoms with E-state index in [1.807, 2.05) is 0 Å². The first-order valence-electron chi connectivity index (χ1n) is 6.16. The molecule has 0 aromatic carbocycles. The summed E-state index contributed by atoms with van der Waals surface area (Å²) in [4.78, 5) is 13.3. The fourth-order valence-corrected chi connectivity index (χ4v) is 1.75. The number of hydrogen-bond acceptors (Lipinski definition) is 5. The van der Waals surface area contributed by atoms with Crippen molar-refractivity contribution in [3.63, 3.8) is 0 Å². The zero-order valence-corrected chi connectivity index (χ0v) is 11.4. The highest BCUT2D eigenvalue weighted by molar-refractivity contribution is 7.71. The molecule has 1 aromatic heterocycles. The van der Waals surface area contributed by atoms with Crippen LogP contribution in [0.25, 0.3) is 0 Å². The highest BCUT2D eigenvalue weighted by atomic mass is 32.1. The van der Waals surface area contributed by atoms with E-state index < -0.39 is 0 Å². The maximum atomic E-state index is 5.65. The second-order valence-electron chi connectivity index (χ2n) is 4.03. The number of H-pyrrole nitrogens is 1. The lowest BCUT2D eigenvalue weighted by molar-refractivity contribution is 0.661. The number of nitrogen functional groups attached to an aromatic ring is 1. The van der Waals surface area contributed by atoms with Crippen molar-refractivity contribution in [2.24, 2.45) is 0 Å². The third kappa shape index (κ3) is 4.68. The number of aromatic amines is 1. The van der Waals surface area contributed by atoms with Gasteiger partial charge in [0.25, 0.3) is 0 Å². The largest absolute Gasteiger partial charge is 0.369 e. The lowest BCUT2D eigenvalue weighted by atomic mass is 10.3. The van der Waals surface area contributed by atoms with E-state index in [1.54, 1.807) is 0 Å². The Kier molecular flexibility index (Phi) is 5.90. The minimum Gasteiger partial charge on any atom is -0.369 e. The summed E-state index contributed by atoms with van der Waals surface area (Å²) in [5.41, 5.74) is 5.65. The summed E-state index contributed by atoms with van der Waals surface area (Å²) in [5.74, 6) is 1.07. The van der Waals surface area contributed by atoms with Crippen LogP contribution in [0.4, 0.5) is 11.9 Å². The molecule has 1 heterocycles. The average molecular weight is 255 g/mol. The highest BCUT2D eigenvalue weighted by Gasteiger charge is 2.08. The molecular formula is C11H21N5S. The zero-order valence-electron chi connectivity index (χ0n) is 10.6. The summed E-state index contributed by atoms with van der Waals surface area (Å²) in [5, 5.41) is 0. The molecule has 6 heteroatoms. The van der Waals surface area contributed by atoms with Gasteiger partial charge < -0.3 is 10.6 Å². The first kappa shape index (κ1) is 13.9. The molecule has 3 N–H and O–H groups in total. The van der Waals surface area contributed by atoms with Gasteiger partial charge in [-0.05, 0) is 25.1 Å². The predicted molar refractivity (Wildman–Crippen MR) is 73.7 cm³/mol. The van der Waals surface area contributed by atoms with Crippen LogP contribution < -0.4 is 10.6 Å². The Balaban J connectivity index is 2.82. The standard InChI is InChI=1S/C11H21N5S/c1-3-5-7-16(8-6-4-2)10-13-9(12)14-11(17)15-10/h3-8H2,1-2H3,(H3,12,13,14,15,17). The van der Waals surface area contributed by atoms with Gasteiger partial charge in [-0.25, -0.2) is 0 Å².